The van der Waals surface area contributed by atoms with Crippen LogP contribution in [-0.4, -0.2) is 10.9 Å². The summed E-state index contributed by atoms with van der Waals surface area (Å²) in [5.74, 6) is 0.367. The highest BCUT2D eigenvalue weighted by molar-refractivity contribution is 9.11. The number of pyridine rings is 1. The lowest BCUT2D eigenvalue weighted by atomic mass is 10.2. The van der Waals surface area contributed by atoms with Crippen molar-refractivity contribution in [3.8, 4) is 0 Å². The average Bonchev–Trinajstić information content (AvgIpc) is 2.27. The second kappa shape index (κ2) is 5.63. The van der Waals surface area contributed by atoms with Crippen LogP contribution < -0.4 is 5.32 Å². The number of hydrogen-bond donors (Lipinski definition) is 1. The van der Waals surface area contributed by atoms with Gasteiger partial charge in [0.25, 0.3) is 5.91 Å². The predicted molar refractivity (Wildman–Crippen MR) is 78.8 cm³/mol. The van der Waals surface area contributed by atoms with Crippen LogP contribution in [0, 0.1) is 6.92 Å². The number of aromatic nitrogens is 1. The fourth-order valence-electron chi connectivity index (χ4n) is 1.49. The van der Waals surface area contributed by atoms with Crippen molar-refractivity contribution >= 4 is 43.6 Å². The van der Waals surface area contributed by atoms with Crippen LogP contribution in [0.1, 0.15) is 16.1 Å². The van der Waals surface area contributed by atoms with Gasteiger partial charge in [-0.05, 0) is 37.3 Å². The van der Waals surface area contributed by atoms with Crippen LogP contribution in [0.5, 0.6) is 0 Å². The summed E-state index contributed by atoms with van der Waals surface area (Å²) >= 11 is 6.71. The average molecular weight is 370 g/mol. The van der Waals surface area contributed by atoms with Crippen LogP contribution in [0.3, 0.4) is 0 Å². The lowest BCUT2D eigenvalue weighted by Crippen LogP contribution is -2.13. The first-order valence-electron chi connectivity index (χ1n) is 5.26. The molecule has 0 unspecified atom stereocenters. The van der Waals surface area contributed by atoms with E-state index in [-0.39, 0.29) is 5.91 Å². The van der Waals surface area contributed by atoms with E-state index >= 15 is 0 Å². The van der Waals surface area contributed by atoms with E-state index in [0.29, 0.717) is 11.4 Å². The molecular formula is C13H10Br2N2O. The van der Waals surface area contributed by atoms with Gasteiger partial charge in [-0.3, -0.25) is 4.79 Å². The Labute approximate surface area is 122 Å². The molecule has 0 radical (unpaired) electrons. The molecule has 1 aromatic carbocycles. The quantitative estimate of drug-likeness (QED) is 0.863. The highest BCUT2D eigenvalue weighted by atomic mass is 79.9. The molecule has 1 aromatic heterocycles. The van der Waals surface area contributed by atoms with Gasteiger partial charge in [0, 0.05) is 20.2 Å². The Kier molecular flexibility index (Phi) is 4.14. The summed E-state index contributed by atoms with van der Waals surface area (Å²) < 4.78 is 1.69. The molecule has 0 aliphatic rings. The molecule has 0 saturated heterocycles. The Morgan fingerprint density at radius 2 is 1.83 bits per heavy atom. The minimum atomic E-state index is -0.185. The molecule has 1 amide bonds. The lowest BCUT2D eigenvalue weighted by Gasteiger charge is -2.06. The van der Waals surface area contributed by atoms with E-state index in [2.05, 4.69) is 42.2 Å². The van der Waals surface area contributed by atoms with Crippen molar-refractivity contribution in [1.29, 1.82) is 0 Å². The van der Waals surface area contributed by atoms with Crippen LogP contribution in [0.15, 0.2) is 45.3 Å². The number of carbonyl (C=O) groups is 1. The SMILES string of the molecule is Cc1cccc(NC(=O)c2cc(Br)cc(Br)c2)n1. The number of aryl methyl sites for hydroxylation is 1. The largest absolute Gasteiger partial charge is 0.307 e. The van der Waals surface area contributed by atoms with E-state index in [0.717, 1.165) is 14.6 Å². The first-order chi connectivity index (χ1) is 8.54. The summed E-state index contributed by atoms with van der Waals surface area (Å²) in [5.41, 5.74) is 1.43. The molecule has 2 rings (SSSR count). The summed E-state index contributed by atoms with van der Waals surface area (Å²) in [6.07, 6.45) is 0. The molecule has 0 saturated carbocycles. The number of hydrogen-bond acceptors (Lipinski definition) is 2. The van der Waals surface area contributed by atoms with Crippen LogP contribution in [0.2, 0.25) is 0 Å². The zero-order chi connectivity index (χ0) is 13.1. The normalized spacial score (nSPS) is 10.2. The van der Waals surface area contributed by atoms with Crippen molar-refractivity contribution in [2.45, 2.75) is 6.92 Å². The number of halogens is 2. The molecule has 92 valence electrons. The van der Waals surface area contributed by atoms with Gasteiger partial charge in [-0.25, -0.2) is 4.98 Å². The number of rotatable bonds is 2. The number of amides is 1. The molecule has 0 atom stereocenters. The Bertz CT molecular complexity index is 579. The molecule has 0 spiro atoms. The number of nitrogens with one attached hydrogen (secondary N) is 1. The summed E-state index contributed by atoms with van der Waals surface area (Å²) in [5, 5.41) is 2.76. The lowest BCUT2D eigenvalue weighted by molar-refractivity contribution is 0.102. The van der Waals surface area contributed by atoms with Gasteiger partial charge in [-0.1, -0.05) is 37.9 Å². The van der Waals surface area contributed by atoms with Crippen LogP contribution in [0.25, 0.3) is 0 Å². The van der Waals surface area contributed by atoms with Gasteiger partial charge in [-0.15, -0.1) is 0 Å². The maximum absolute atomic E-state index is 12.0. The first kappa shape index (κ1) is 13.2. The van der Waals surface area contributed by atoms with Crippen molar-refractivity contribution < 1.29 is 4.79 Å². The highest BCUT2D eigenvalue weighted by Crippen LogP contribution is 2.20. The molecule has 0 aliphatic heterocycles. The molecule has 5 heteroatoms. The number of nitrogens with zero attached hydrogens (tertiary/aromatic N) is 1. The van der Waals surface area contributed by atoms with Gasteiger partial charge >= 0.3 is 0 Å². The molecule has 1 heterocycles. The van der Waals surface area contributed by atoms with Crippen molar-refractivity contribution in [3.63, 3.8) is 0 Å². The van der Waals surface area contributed by atoms with Gasteiger partial charge in [0.15, 0.2) is 0 Å². The molecule has 0 aliphatic carbocycles. The summed E-state index contributed by atoms with van der Waals surface area (Å²) in [7, 11) is 0. The topological polar surface area (TPSA) is 42.0 Å². The molecule has 2 aromatic rings. The van der Waals surface area contributed by atoms with E-state index in [1.165, 1.54) is 0 Å². The Morgan fingerprint density at radius 3 is 2.44 bits per heavy atom. The number of carbonyl (C=O) groups excluding carboxylic acids is 1. The van der Waals surface area contributed by atoms with Gasteiger partial charge in [-0.2, -0.15) is 0 Å². The van der Waals surface area contributed by atoms with Gasteiger partial charge in [0.1, 0.15) is 5.82 Å². The maximum atomic E-state index is 12.0. The second-order valence-corrected chi connectivity index (χ2v) is 5.61. The Morgan fingerprint density at radius 1 is 1.17 bits per heavy atom. The summed E-state index contributed by atoms with van der Waals surface area (Å²) in [4.78, 5) is 16.3. The molecule has 1 N–H and O–H groups in total. The number of anilines is 1. The highest BCUT2D eigenvalue weighted by Gasteiger charge is 2.08. The summed E-state index contributed by atoms with van der Waals surface area (Å²) in [6, 6.07) is 10.9. The minimum absolute atomic E-state index is 0.185. The van der Waals surface area contributed by atoms with E-state index in [1.54, 1.807) is 18.2 Å². The smallest absolute Gasteiger partial charge is 0.256 e. The van der Waals surface area contributed by atoms with Crippen molar-refractivity contribution in [1.82, 2.24) is 4.98 Å². The monoisotopic (exact) mass is 368 g/mol. The zero-order valence-electron chi connectivity index (χ0n) is 9.58. The minimum Gasteiger partial charge on any atom is -0.307 e. The Hall–Kier alpha value is -1.20. The van der Waals surface area contributed by atoms with Gasteiger partial charge in [0.2, 0.25) is 0 Å². The van der Waals surface area contributed by atoms with Crippen LogP contribution in [0.4, 0.5) is 5.82 Å². The maximum Gasteiger partial charge on any atom is 0.256 e. The van der Waals surface area contributed by atoms with E-state index < -0.39 is 0 Å². The van der Waals surface area contributed by atoms with Crippen LogP contribution in [-0.2, 0) is 0 Å². The molecule has 0 fully saturated rings. The van der Waals surface area contributed by atoms with Crippen molar-refractivity contribution in [3.05, 3.63) is 56.6 Å². The standard InChI is InChI=1S/C13H10Br2N2O/c1-8-3-2-4-12(16-8)17-13(18)9-5-10(14)7-11(15)6-9/h2-7H,1H3,(H,16,17,18). The molecular weight excluding hydrogens is 360 g/mol. The molecule has 3 nitrogen and oxygen atoms in total. The second-order valence-electron chi connectivity index (χ2n) is 3.78. The predicted octanol–water partition coefficient (Wildman–Crippen LogP) is 4.17. The van der Waals surface area contributed by atoms with Crippen molar-refractivity contribution in [2.24, 2.45) is 0 Å². The van der Waals surface area contributed by atoms with Gasteiger partial charge < -0.3 is 5.32 Å². The van der Waals surface area contributed by atoms with E-state index in [9.17, 15) is 4.79 Å². The third kappa shape index (κ3) is 3.40. The Balaban J connectivity index is 2.22. The van der Waals surface area contributed by atoms with Crippen molar-refractivity contribution in [2.75, 3.05) is 5.32 Å². The third-order valence-electron chi connectivity index (χ3n) is 2.25. The van der Waals surface area contributed by atoms with Crippen LogP contribution >= 0.6 is 31.9 Å². The van der Waals surface area contributed by atoms with E-state index in [4.69, 9.17) is 0 Å². The molecule has 0 bridgehead atoms. The fourth-order valence-corrected chi connectivity index (χ4v) is 2.78. The van der Waals surface area contributed by atoms with E-state index in [1.807, 2.05) is 25.1 Å². The number of benzene rings is 1. The summed E-state index contributed by atoms with van der Waals surface area (Å²) in [6.45, 7) is 1.88. The zero-order valence-corrected chi connectivity index (χ0v) is 12.7. The fraction of sp³-hybridized carbons (Fsp3) is 0.0769. The molecule has 18 heavy (non-hydrogen) atoms. The first-order valence-corrected chi connectivity index (χ1v) is 6.84. The van der Waals surface area contributed by atoms with Gasteiger partial charge in [0.05, 0.1) is 0 Å². The third-order valence-corrected chi connectivity index (χ3v) is 3.17.